The third-order valence-corrected chi connectivity index (χ3v) is 5.83. The van der Waals surface area contributed by atoms with E-state index in [-0.39, 0.29) is 19.5 Å². The Balaban J connectivity index is 2.40. The first-order valence-electron chi connectivity index (χ1n) is 11.3. The lowest BCUT2D eigenvalue weighted by Gasteiger charge is -2.33. The Bertz CT molecular complexity index is 1100. The van der Waals surface area contributed by atoms with Crippen LogP contribution in [0.25, 0.3) is 0 Å². The van der Waals surface area contributed by atoms with Gasteiger partial charge < -0.3 is 39.8 Å². The van der Waals surface area contributed by atoms with Crippen molar-refractivity contribution in [3.63, 3.8) is 0 Å². The molecule has 0 aromatic heterocycles. The number of aldehydes is 1. The highest BCUT2D eigenvalue weighted by atomic mass is 32.3. The fourth-order valence-corrected chi connectivity index (χ4v) is 3.83. The zero-order valence-electron chi connectivity index (χ0n) is 20.0. The molecule has 0 spiro atoms. The molecule has 2 aromatic carbocycles. The molecule has 7 atom stereocenters. The summed E-state index contributed by atoms with van der Waals surface area (Å²) >= 11 is 0. The summed E-state index contributed by atoms with van der Waals surface area (Å²) in [5, 5.41) is 49.6. The van der Waals surface area contributed by atoms with Gasteiger partial charge in [-0.1, -0.05) is 60.7 Å². The van der Waals surface area contributed by atoms with Crippen molar-refractivity contribution < 1.29 is 61.7 Å². The van der Waals surface area contributed by atoms with E-state index in [1.54, 1.807) is 60.7 Å². The van der Waals surface area contributed by atoms with E-state index >= 15 is 0 Å². The van der Waals surface area contributed by atoms with Crippen molar-refractivity contribution in [3.05, 3.63) is 71.8 Å². The predicted octanol–water partition coefficient (Wildman–Crippen LogP) is -1.45. The molecule has 14 heteroatoms. The Hall–Kier alpha value is -2.63. The van der Waals surface area contributed by atoms with Gasteiger partial charge in [-0.25, -0.2) is 4.18 Å². The summed E-state index contributed by atoms with van der Waals surface area (Å²) in [6, 6.07) is 16.8. The molecule has 0 aliphatic heterocycles. The Morgan fingerprint density at radius 3 is 1.79 bits per heavy atom. The van der Waals surface area contributed by atoms with Crippen LogP contribution in [0.3, 0.4) is 0 Å². The molecule has 0 aliphatic carbocycles. The number of aliphatic hydroxyl groups excluding tert-OH is 5. The molecular weight excluding hydrogens is 528 g/mol. The lowest BCUT2D eigenvalue weighted by atomic mass is 9.94. The zero-order valence-corrected chi connectivity index (χ0v) is 20.8. The molecule has 6 N–H and O–H groups in total. The molecule has 0 heterocycles. The first-order chi connectivity index (χ1) is 18.0. The van der Waals surface area contributed by atoms with Gasteiger partial charge in [-0.05, 0) is 11.1 Å². The summed E-state index contributed by atoms with van der Waals surface area (Å²) in [5.41, 5.74) is 1.17. The second-order valence-corrected chi connectivity index (χ2v) is 9.23. The molecule has 0 radical (unpaired) electrons. The van der Waals surface area contributed by atoms with Crippen LogP contribution in [-0.2, 0) is 46.9 Å². The number of aliphatic hydroxyl groups is 5. The average Bonchev–Trinajstić information content (AvgIpc) is 2.92. The number of benzene rings is 2. The fourth-order valence-electron chi connectivity index (χ4n) is 3.36. The summed E-state index contributed by atoms with van der Waals surface area (Å²) < 4.78 is 47.7. The molecule has 2 aromatic rings. The normalized spacial score (nSPS) is 17.5. The Labute approximate surface area is 218 Å². The molecule has 0 unspecified atom stereocenters. The summed E-state index contributed by atoms with van der Waals surface area (Å²) in [6.45, 7) is -1.51. The highest BCUT2D eigenvalue weighted by molar-refractivity contribution is 7.80. The minimum atomic E-state index is -5.46. The summed E-state index contributed by atoms with van der Waals surface area (Å²) in [5.74, 6) is -1.71. The largest absolute Gasteiger partial charge is 0.398 e. The van der Waals surface area contributed by atoms with Gasteiger partial charge in [0.25, 0.3) is 0 Å². The van der Waals surface area contributed by atoms with E-state index in [4.69, 9.17) is 14.6 Å². The standard InChI is InChI=1S/C24H30O13S/c25-11-17(27)19(28)20(29)21(30)24(37-38(32,33)34)22(31)23(36-14-16-9-5-2-6-10-16)18(12-26)35-13-15-7-3-1-4-8-15/h1-10,12,17-20,22-25,27-29,31H,11,13-14H2,(H,32,33,34)/t17-,18+,19-,20+,22+,23-,24-/m1/s1. The highest BCUT2D eigenvalue weighted by Crippen LogP contribution is 2.21. The number of carbonyl (C=O) groups is 2. The third kappa shape index (κ3) is 9.59. The van der Waals surface area contributed by atoms with E-state index in [0.29, 0.717) is 11.1 Å². The Morgan fingerprint density at radius 1 is 0.842 bits per heavy atom. The molecule has 13 nitrogen and oxygen atoms in total. The molecule has 2 rings (SSSR count). The van der Waals surface area contributed by atoms with E-state index in [0.717, 1.165) is 0 Å². The fraction of sp³-hybridized carbons (Fsp3) is 0.417. The van der Waals surface area contributed by atoms with Crippen LogP contribution in [0.2, 0.25) is 0 Å². The topological polar surface area (TPSA) is 217 Å². The first kappa shape index (κ1) is 31.6. The van der Waals surface area contributed by atoms with Gasteiger partial charge in [0, 0.05) is 0 Å². The number of carbonyl (C=O) groups excluding carboxylic acids is 2. The number of hydrogen-bond acceptors (Lipinski definition) is 12. The van der Waals surface area contributed by atoms with E-state index in [1.807, 2.05) is 0 Å². The van der Waals surface area contributed by atoms with E-state index in [1.165, 1.54) is 0 Å². The van der Waals surface area contributed by atoms with Crippen molar-refractivity contribution >= 4 is 22.5 Å². The van der Waals surface area contributed by atoms with Gasteiger partial charge in [0.2, 0.25) is 0 Å². The van der Waals surface area contributed by atoms with Crippen molar-refractivity contribution in [2.24, 2.45) is 0 Å². The van der Waals surface area contributed by atoms with Crippen molar-refractivity contribution in [2.45, 2.75) is 55.9 Å². The third-order valence-electron chi connectivity index (χ3n) is 5.38. The maximum absolute atomic E-state index is 12.8. The number of Topliss-reactive ketones (excluding diaryl/α,β-unsaturated/α-hetero) is 1. The van der Waals surface area contributed by atoms with Crippen molar-refractivity contribution in [1.82, 2.24) is 0 Å². The number of rotatable bonds is 17. The molecular formula is C24H30O13S. The van der Waals surface area contributed by atoms with E-state index in [2.05, 4.69) is 4.18 Å². The van der Waals surface area contributed by atoms with Crippen molar-refractivity contribution in [1.29, 1.82) is 0 Å². The summed E-state index contributed by atoms with van der Waals surface area (Å²) in [6.07, 6.45) is -15.2. The van der Waals surface area contributed by atoms with Gasteiger partial charge in [0.15, 0.2) is 18.2 Å². The van der Waals surface area contributed by atoms with Crippen LogP contribution in [0.1, 0.15) is 11.1 Å². The minimum absolute atomic E-state index is 0.163. The van der Waals surface area contributed by atoms with Crippen LogP contribution >= 0.6 is 0 Å². The molecule has 0 saturated carbocycles. The van der Waals surface area contributed by atoms with Gasteiger partial charge in [0.05, 0.1) is 19.8 Å². The second-order valence-electron chi connectivity index (χ2n) is 8.18. The average molecular weight is 559 g/mol. The van der Waals surface area contributed by atoms with Crippen LogP contribution in [0.4, 0.5) is 0 Å². The molecule has 38 heavy (non-hydrogen) atoms. The van der Waals surface area contributed by atoms with Gasteiger partial charge in [-0.3, -0.25) is 9.35 Å². The van der Waals surface area contributed by atoms with E-state index in [9.17, 15) is 43.0 Å². The molecule has 0 bridgehead atoms. The minimum Gasteiger partial charge on any atom is -0.394 e. The van der Waals surface area contributed by atoms with E-state index < -0.39 is 65.5 Å². The maximum Gasteiger partial charge on any atom is 0.398 e. The quantitative estimate of drug-likeness (QED) is 0.0968. The predicted molar refractivity (Wildman–Crippen MR) is 129 cm³/mol. The number of ether oxygens (including phenoxy) is 2. The molecule has 0 amide bonds. The molecule has 0 fully saturated rings. The number of ketones is 1. The summed E-state index contributed by atoms with van der Waals surface area (Å²) in [7, 11) is -5.46. The summed E-state index contributed by atoms with van der Waals surface area (Å²) in [4.78, 5) is 24.8. The zero-order chi connectivity index (χ0) is 28.3. The van der Waals surface area contributed by atoms with Crippen LogP contribution in [0.5, 0.6) is 0 Å². The number of hydrogen-bond donors (Lipinski definition) is 6. The first-order valence-corrected chi connectivity index (χ1v) is 12.6. The lowest BCUT2D eigenvalue weighted by molar-refractivity contribution is -0.173. The van der Waals surface area contributed by atoms with Crippen LogP contribution in [0, 0.1) is 0 Å². The van der Waals surface area contributed by atoms with Gasteiger partial charge in [-0.15, -0.1) is 0 Å². The Kier molecular flexibility index (Phi) is 12.5. The van der Waals surface area contributed by atoms with Gasteiger partial charge >= 0.3 is 10.4 Å². The Morgan fingerprint density at radius 2 is 1.34 bits per heavy atom. The monoisotopic (exact) mass is 558 g/mol. The van der Waals surface area contributed by atoms with Crippen LogP contribution in [-0.4, -0.2) is 99.9 Å². The van der Waals surface area contributed by atoms with Crippen molar-refractivity contribution in [2.75, 3.05) is 6.61 Å². The highest BCUT2D eigenvalue weighted by Gasteiger charge is 2.45. The van der Waals surface area contributed by atoms with Crippen molar-refractivity contribution in [3.8, 4) is 0 Å². The lowest BCUT2D eigenvalue weighted by Crippen LogP contribution is -2.56. The maximum atomic E-state index is 12.8. The van der Waals surface area contributed by atoms with Crippen LogP contribution in [0.15, 0.2) is 60.7 Å². The second kappa shape index (κ2) is 15.1. The molecule has 210 valence electrons. The molecule has 0 aliphatic rings. The van der Waals surface area contributed by atoms with Gasteiger partial charge in [0.1, 0.15) is 36.6 Å². The smallest absolute Gasteiger partial charge is 0.394 e. The SMILES string of the molecule is O=C[C@H](OCc1ccccc1)[C@@H](OCc1ccccc1)[C@H](O)[C@H](OS(=O)(=O)O)C(=O)[C@@H](O)[C@H](O)[C@H](O)CO. The molecule has 0 saturated heterocycles. The van der Waals surface area contributed by atoms with Crippen LogP contribution < -0.4 is 0 Å². The van der Waals surface area contributed by atoms with Gasteiger partial charge in [-0.2, -0.15) is 8.42 Å².